The van der Waals surface area contributed by atoms with E-state index < -0.39 is 36.7 Å². The molecule has 0 amide bonds. The summed E-state index contributed by atoms with van der Waals surface area (Å²) in [6, 6.07) is 38.9. The van der Waals surface area contributed by atoms with Crippen molar-refractivity contribution in [3.05, 3.63) is 144 Å². The van der Waals surface area contributed by atoms with Crippen molar-refractivity contribution in [2.24, 2.45) is 0 Å². The normalized spacial score (nSPS) is 20.6. The lowest BCUT2D eigenvalue weighted by atomic mass is 9.97. The highest BCUT2D eigenvalue weighted by molar-refractivity contribution is 5.89. The average molecular weight is 667 g/mol. The molecule has 4 aromatic rings. The summed E-state index contributed by atoms with van der Waals surface area (Å²) in [5.41, 5.74) is 3.49. The summed E-state index contributed by atoms with van der Waals surface area (Å²) in [4.78, 5) is 13.6. The zero-order chi connectivity index (χ0) is 33.9. The van der Waals surface area contributed by atoms with E-state index in [-0.39, 0.29) is 13.2 Å². The van der Waals surface area contributed by atoms with Crippen LogP contribution in [0.15, 0.2) is 121 Å². The van der Waals surface area contributed by atoms with Crippen LogP contribution >= 0.6 is 0 Å². The van der Waals surface area contributed by atoms with Gasteiger partial charge < -0.3 is 28.4 Å². The van der Waals surface area contributed by atoms with Crippen LogP contribution in [0, 0.1) is 0 Å². The molecule has 1 aliphatic heterocycles. The van der Waals surface area contributed by atoms with Gasteiger partial charge in [-0.15, -0.1) is 0 Å². The minimum Gasteiger partial charge on any atom is -0.450 e. The van der Waals surface area contributed by atoms with Gasteiger partial charge in [-0.05, 0) is 35.2 Å². The summed E-state index contributed by atoms with van der Waals surface area (Å²) in [7, 11) is 0. The summed E-state index contributed by atoms with van der Waals surface area (Å²) in [6.07, 6.45) is 3.04. The van der Waals surface area contributed by atoms with Gasteiger partial charge in [-0.2, -0.15) is 0 Å². The fourth-order valence-electron chi connectivity index (χ4n) is 5.91. The standard InChI is InChI=1S/C42H50O7/c1-2-3-4-5-6-19-28-45-42-40(49-41(43)36-26-17-10-18-27-36)39(47-31-35-24-15-9-16-25-35)38(46-30-34-22-13-8-14-23-34)37(48-42)32-44-29-33-20-11-7-12-21-33/h7-18,20-27,37-40,42H,2-6,19,28-32H2,1H3/t37?,38-,39?,40?,42-/m1/s1. The molecule has 1 saturated heterocycles. The van der Waals surface area contributed by atoms with Crippen LogP contribution in [0.3, 0.4) is 0 Å². The summed E-state index contributed by atoms with van der Waals surface area (Å²) >= 11 is 0. The maximum absolute atomic E-state index is 13.6. The van der Waals surface area contributed by atoms with Crippen molar-refractivity contribution >= 4 is 5.97 Å². The van der Waals surface area contributed by atoms with Crippen LogP contribution in [-0.4, -0.2) is 49.9 Å². The van der Waals surface area contributed by atoms with E-state index in [0.717, 1.165) is 36.0 Å². The Kier molecular flexibility index (Phi) is 15.3. The highest BCUT2D eigenvalue weighted by atomic mass is 16.7. The average Bonchev–Trinajstić information content (AvgIpc) is 3.15. The smallest absolute Gasteiger partial charge is 0.338 e. The van der Waals surface area contributed by atoms with Gasteiger partial charge in [-0.1, -0.05) is 148 Å². The molecule has 49 heavy (non-hydrogen) atoms. The van der Waals surface area contributed by atoms with Gasteiger partial charge in [0.25, 0.3) is 0 Å². The fraction of sp³-hybridized carbons (Fsp3) is 0.405. The SMILES string of the molecule is CCCCCCCCO[C@@H]1OC(COCc2ccccc2)[C@@H](OCc2ccccc2)C(OCc2ccccc2)C1OC(=O)c1ccccc1. The van der Waals surface area contributed by atoms with E-state index in [1.807, 2.05) is 109 Å². The molecule has 5 atom stereocenters. The first-order chi connectivity index (χ1) is 24.2. The number of esters is 1. The first-order valence-electron chi connectivity index (χ1n) is 17.7. The van der Waals surface area contributed by atoms with Gasteiger partial charge in [0.1, 0.15) is 18.3 Å². The topological polar surface area (TPSA) is 72.5 Å². The van der Waals surface area contributed by atoms with E-state index in [2.05, 4.69) is 6.92 Å². The molecular weight excluding hydrogens is 616 g/mol. The van der Waals surface area contributed by atoms with Crippen molar-refractivity contribution in [3.63, 3.8) is 0 Å². The summed E-state index contributed by atoms with van der Waals surface area (Å²) in [5.74, 6) is -0.476. The number of rotatable bonds is 20. The predicted octanol–water partition coefficient (Wildman–Crippen LogP) is 8.70. The van der Waals surface area contributed by atoms with Gasteiger partial charge in [0, 0.05) is 6.61 Å². The Hall–Kier alpha value is -3.85. The molecule has 7 nitrogen and oxygen atoms in total. The van der Waals surface area contributed by atoms with Gasteiger partial charge in [0.05, 0.1) is 32.0 Å². The Morgan fingerprint density at radius 3 is 1.67 bits per heavy atom. The number of ether oxygens (including phenoxy) is 6. The highest BCUT2D eigenvalue weighted by Gasteiger charge is 2.50. The molecule has 0 radical (unpaired) electrons. The third kappa shape index (κ3) is 11.9. The molecule has 3 unspecified atom stereocenters. The lowest BCUT2D eigenvalue weighted by molar-refractivity contribution is -0.318. The van der Waals surface area contributed by atoms with Crippen molar-refractivity contribution in [2.75, 3.05) is 13.2 Å². The van der Waals surface area contributed by atoms with Crippen molar-refractivity contribution < 1.29 is 33.2 Å². The monoisotopic (exact) mass is 666 g/mol. The molecule has 0 spiro atoms. The Morgan fingerprint density at radius 2 is 1.08 bits per heavy atom. The number of carbonyl (C=O) groups is 1. The summed E-state index contributed by atoms with van der Waals surface area (Å²) < 4.78 is 39.0. The molecule has 1 fully saturated rings. The number of carbonyl (C=O) groups excluding carboxylic acids is 1. The number of unbranched alkanes of at least 4 members (excludes halogenated alkanes) is 5. The molecule has 0 aliphatic carbocycles. The van der Waals surface area contributed by atoms with Gasteiger partial charge >= 0.3 is 5.97 Å². The van der Waals surface area contributed by atoms with Crippen molar-refractivity contribution in [3.8, 4) is 0 Å². The molecule has 1 aliphatic rings. The van der Waals surface area contributed by atoms with Crippen LogP contribution in [0.25, 0.3) is 0 Å². The molecule has 0 N–H and O–H groups in total. The van der Waals surface area contributed by atoms with Crippen molar-refractivity contribution in [1.82, 2.24) is 0 Å². The quantitative estimate of drug-likeness (QED) is 0.0690. The van der Waals surface area contributed by atoms with Gasteiger partial charge in [-0.25, -0.2) is 4.79 Å². The fourth-order valence-corrected chi connectivity index (χ4v) is 5.91. The van der Waals surface area contributed by atoms with E-state index in [9.17, 15) is 4.79 Å². The minimum atomic E-state index is -0.900. The van der Waals surface area contributed by atoms with Crippen LogP contribution in [0.2, 0.25) is 0 Å². The third-order valence-corrected chi connectivity index (χ3v) is 8.59. The van der Waals surface area contributed by atoms with E-state index >= 15 is 0 Å². The van der Waals surface area contributed by atoms with Crippen molar-refractivity contribution in [1.29, 1.82) is 0 Å². The first kappa shape index (κ1) is 36.4. The van der Waals surface area contributed by atoms with Crippen LogP contribution in [-0.2, 0) is 48.2 Å². The molecule has 4 aromatic carbocycles. The lowest BCUT2D eigenvalue weighted by Crippen LogP contribution is -2.62. The molecule has 0 aromatic heterocycles. The van der Waals surface area contributed by atoms with Crippen LogP contribution in [0.1, 0.15) is 72.5 Å². The van der Waals surface area contributed by atoms with Gasteiger partial charge in [-0.3, -0.25) is 0 Å². The molecule has 7 heteroatoms. The molecule has 5 rings (SSSR count). The Balaban J connectivity index is 1.41. The number of benzene rings is 4. The second-order valence-electron chi connectivity index (χ2n) is 12.4. The predicted molar refractivity (Wildman–Crippen MR) is 190 cm³/mol. The second kappa shape index (κ2) is 20.6. The molecule has 0 bridgehead atoms. The zero-order valence-electron chi connectivity index (χ0n) is 28.6. The Morgan fingerprint density at radius 1 is 0.571 bits per heavy atom. The van der Waals surface area contributed by atoms with Crippen LogP contribution in [0.5, 0.6) is 0 Å². The van der Waals surface area contributed by atoms with Crippen molar-refractivity contribution in [2.45, 2.75) is 96.0 Å². The molecule has 1 heterocycles. The van der Waals surface area contributed by atoms with Crippen LogP contribution < -0.4 is 0 Å². The molecular formula is C42H50O7. The van der Waals surface area contributed by atoms with E-state index in [1.165, 1.54) is 19.3 Å². The maximum Gasteiger partial charge on any atom is 0.338 e. The maximum atomic E-state index is 13.6. The van der Waals surface area contributed by atoms with E-state index in [0.29, 0.717) is 25.4 Å². The molecule has 260 valence electrons. The van der Waals surface area contributed by atoms with E-state index in [1.54, 1.807) is 12.1 Å². The first-order valence-corrected chi connectivity index (χ1v) is 17.7. The summed E-state index contributed by atoms with van der Waals surface area (Å²) in [6.45, 7) is 3.94. The highest BCUT2D eigenvalue weighted by Crippen LogP contribution is 2.32. The van der Waals surface area contributed by atoms with Gasteiger partial charge in [0.2, 0.25) is 0 Å². The molecule has 0 saturated carbocycles. The Bertz CT molecular complexity index is 1450. The number of hydrogen-bond acceptors (Lipinski definition) is 7. The largest absolute Gasteiger partial charge is 0.450 e. The Labute approximate surface area is 291 Å². The van der Waals surface area contributed by atoms with Gasteiger partial charge in [0.15, 0.2) is 12.4 Å². The summed E-state index contributed by atoms with van der Waals surface area (Å²) in [5, 5.41) is 0. The van der Waals surface area contributed by atoms with E-state index in [4.69, 9.17) is 28.4 Å². The zero-order valence-corrected chi connectivity index (χ0v) is 28.6. The lowest BCUT2D eigenvalue weighted by Gasteiger charge is -2.45. The second-order valence-corrected chi connectivity index (χ2v) is 12.4. The minimum absolute atomic E-state index is 0.232. The van der Waals surface area contributed by atoms with Crippen LogP contribution in [0.4, 0.5) is 0 Å². The number of hydrogen-bond donors (Lipinski definition) is 0. The third-order valence-electron chi connectivity index (χ3n) is 8.59.